The molecule has 0 saturated heterocycles. The Bertz CT molecular complexity index is 256. The predicted octanol–water partition coefficient (Wildman–Crippen LogP) is 0.582. The fourth-order valence-electron chi connectivity index (χ4n) is 0.906. The summed E-state index contributed by atoms with van der Waals surface area (Å²) in [5.74, 6) is 0.949. The van der Waals surface area contributed by atoms with Crippen LogP contribution in [0.5, 0.6) is 0 Å². The summed E-state index contributed by atoms with van der Waals surface area (Å²) in [4.78, 5) is 14.0. The van der Waals surface area contributed by atoms with Crippen LogP contribution in [0.3, 0.4) is 0 Å². The number of aliphatic hydroxyl groups excluding tert-OH is 1. The number of hydrogen-bond donors (Lipinski definition) is 1. The molecule has 0 aromatic carbocycles. The van der Waals surface area contributed by atoms with Gasteiger partial charge in [-0.25, -0.2) is 4.98 Å². The average molecular weight is 155 g/mol. The monoisotopic (exact) mass is 155 g/mol. The lowest BCUT2D eigenvalue weighted by atomic mass is 10.6. The van der Waals surface area contributed by atoms with Gasteiger partial charge in [0, 0.05) is 6.54 Å². The molecule has 0 radical (unpaired) electrons. The van der Waals surface area contributed by atoms with E-state index in [9.17, 15) is 4.91 Å². The van der Waals surface area contributed by atoms with Crippen molar-refractivity contribution in [3.8, 4) is 0 Å². The molecular weight excluding hydrogens is 146 g/mol. The molecular formula is C6H9N3O2. The highest BCUT2D eigenvalue weighted by Crippen LogP contribution is 2.12. The third-order valence-electron chi connectivity index (χ3n) is 1.45. The second-order valence-electron chi connectivity index (χ2n) is 2.13. The number of rotatable bonds is 3. The van der Waals surface area contributed by atoms with Gasteiger partial charge in [0.2, 0.25) is 0 Å². The van der Waals surface area contributed by atoms with E-state index >= 15 is 0 Å². The van der Waals surface area contributed by atoms with Gasteiger partial charge in [0.15, 0.2) is 5.82 Å². The van der Waals surface area contributed by atoms with Crippen molar-refractivity contribution in [1.82, 2.24) is 9.55 Å². The van der Waals surface area contributed by atoms with Gasteiger partial charge in [-0.05, 0) is 12.1 Å². The Morgan fingerprint density at radius 3 is 3.09 bits per heavy atom. The summed E-state index contributed by atoms with van der Waals surface area (Å²) in [6.45, 7) is 2.11. The molecule has 0 aliphatic heterocycles. The molecule has 0 fully saturated rings. The van der Waals surface area contributed by atoms with E-state index in [1.807, 2.05) is 0 Å². The highest BCUT2D eigenvalue weighted by molar-refractivity contribution is 5.26. The molecule has 5 heteroatoms. The minimum absolute atomic E-state index is 0.0142. The number of aryl methyl sites for hydroxylation is 1. The maximum absolute atomic E-state index is 10.1. The van der Waals surface area contributed by atoms with E-state index in [0.29, 0.717) is 12.4 Å². The smallest absolute Gasteiger partial charge is 0.197 e. The lowest BCUT2D eigenvalue weighted by Crippen LogP contribution is -2.03. The lowest BCUT2D eigenvalue weighted by molar-refractivity contribution is 0.275. The minimum atomic E-state index is -0.0142. The molecule has 0 aliphatic rings. The van der Waals surface area contributed by atoms with Crippen molar-refractivity contribution in [1.29, 1.82) is 0 Å². The van der Waals surface area contributed by atoms with Crippen LogP contribution in [0.25, 0.3) is 0 Å². The van der Waals surface area contributed by atoms with Gasteiger partial charge in [-0.1, -0.05) is 0 Å². The third-order valence-corrected chi connectivity index (χ3v) is 1.45. The minimum Gasteiger partial charge on any atom is -0.395 e. The predicted molar refractivity (Wildman–Crippen MR) is 39.5 cm³/mol. The first-order valence-corrected chi connectivity index (χ1v) is 3.26. The number of nitroso groups, excluding NO2 is 1. The zero-order chi connectivity index (χ0) is 8.27. The molecule has 0 aliphatic carbocycles. The second kappa shape index (κ2) is 3.25. The lowest BCUT2D eigenvalue weighted by Gasteiger charge is -2.01. The average Bonchev–Trinajstić information content (AvgIpc) is 2.34. The molecule has 0 amide bonds. The van der Waals surface area contributed by atoms with E-state index in [0.717, 1.165) is 0 Å². The van der Waals surface area contributed by atoms with Crippen LogP contribution >= 0.6 is 0 Å². The Labute approximate surface area is 63.7 Å². The molecule has 60 valence electrons. The van der Waals surface area contributed by atoms with Crippen LogP contribution in [0.4, 0.5) is 5.82 Å². The number of imidazole rings is 1. The van der Waals surface area contributed by atoms with Gasteiger partial charge in [-0.2, -0.15) is 0 Å². The Hall–Kier alpha value is -1.23. The van der Waals surface area contributed by atoms with E-state index in [1.165, 1.54) is 6.20 Å². The van der Waals surface area contributed by atoms with Crippen LogP contribution in [-0.4, -0.2) is 21.3 Å². The Morgan fingerprint density at radius 1 is 1.82 bits per heavy atom. The Morgan fingerprint density at radius 2 is 2.55 bits per heavy atom. The van der Waals surface area contributed by atoms with Crippen LogP contribution in [0.15, 0.2) is 11.4 Å². The molecule has 1 heterocycles. The molecule has 0 atom stereocenters. The van der Waals surface area contributed by atoms with Gasteiger partial charge in [0.25, 0.3) is 0 Å². The van der Waals surface area contributed by atoms with Crippen molar-refractivity contribution in [2.24, 2.45) is 5.18 Å². The fourth-order valence-corrected chi connectivity index (χ4v) is 0.906. The van der Waals surface area contributed by atoms with Gasteiger partial charge in [-0.3, -0.25) is 0 Å². The molecule has 5 nitrogen and oxygen atoms in total. The summed E-state index contributed by atoms with van der Waals surface area (Å²) in [6.07, 6.45) is 1.39. The summed E-state index contributed by atoms with van der Waals surface area (Å²) in [7, 11) is 0. The zero-order valence-corrected chi connectivity index (χ0v) is 6.19. The molecule has 1 rings (SSSR count). The Balaban J connectivity index is 2.97. The van der Waals surface area contributed by atoms with Crippen LogP contribution in [0.2, 0.25) is 0 Å². The summed E-state index contributed by atoms with van der Waals surface area (Å²) in [5, 5.41) is 11.3. The maximum Gasteiger partial charge on any atom is 0.197 e. The molecule has 11 heavy (non-hydrogen) atoms. The quantitative estimate of drug-likeness (QED) is 0.649. The third kappa shape index (κ3) is 1.43. The first kappa shape index (κ1) is 7.87. The molecule has 0 spiro atoms. The van der Waals surface area contributed by atoms with Crippen molar-refractivity contribution in [3.05, 3.63) is 16.9 Å². The van der Waals surface area contributed by atoms with Crippen molar-refractivity contribution >= 4 is 5.82 Å². The summed E-state index contributed by atoms with van der Waals surface area (Å²) < 4.78 is 1.56. The van der Waals surface area contributed by atoms with Crippen molar-refractivity contribution in [2.75, 3.05) is 6.61 Å². The van der Waals surface area contributed by atoms with Crippen molar-refractivity contribution in [2.45, 2.75) is 13.5 Å². The highest BCUT2D eigenvalue weighted by atomic mass is 16.3. The van der Waals surface area contributed by atoms with E-state index in [1.54, 1.807) is 11.5 Å². The van der Waals surface area contributed by atoms with E-state index < -0.39 is 0 Å². The SMILES string of the molecule is Cc1ncc(N=O)n1CCO. The topological polar surface area (TPSA) is 67.5 Å². The molecule has 0 bridgehead atoms. The van der Waals surface area contributed by atoms with Gasteiger partial charge in [0.05, 0.1) is 12.8 Å². The zero-order valence-electron chi connectivity index (χ0n) is 6.19. The molecule has 1 aromatic heterocycles. The van der Waals surface area contributed by atoms with Crippen LogP contribution < -0.4 is 0 Å². The summed E-state index contributed by atoms with van der Waals surface area (Å²) in [6, 6.07) is 0. The van der Waals surface area contributed by atoms with E-state index in [4.69, 9.17) is 5.11 Å². The Kier molecular flexibility index (Phi) is 2.32. The van der Waals surface area contributed by atoms with Gasteiger partial charge in [-0.15, -0.1) is 4.91 Å². The number of nitrogens with zero attached hydrogens (tertiary/aromatic N) is 3. The van der Waals surface area contributed by atoms with Crippen LogP contribution in [-0.2, 0) is 6.54 Å². The number of hydrogen-bond acceptors (Lipinski definition) is 4. The largest absolute Gasteiger partial charge is 0.395 e. The van der Waals surface area contributed by atoms with Crippen LogP contribution in [0.1, 0.15) is 5.82 Å². The van der Waals surface area contributed by atoms with Gasteiger partial charge in [0.1, 0.15) is 5.82 Å². The molecule has 0 unspecified atom stereocenters. The van der Waals surface area contributed by atoms with Gasteiger partial charge >= 0.3 is 0 Å². The summed E-state index contributed by atoms with van der Waals surface area (Å²) in [5.41, 5.74) is 0. The number of aliphatic hydroxyl groups is 1. The maximum atomic E-state index is 10.1. The van der Waals surface area contributed by atoms with Crippen LogP contribution in [0, 0.1) is 11.8 Å². The molecule has 0 saturated carbocycles. The molecule has 1 N–H and O–H groups in total. The van der Waals surface area contributed by atoms with Crippen molar-refractivity contribution in [3.63, 3.8) is 0 Å². The second-order valence-corrected chi connectivity index (χ2v) is 2.13. The first-order valence-electron chi connectivity index (χ1n) is 3.26. The van der Waals surface area contributed by atoms with Crippen molar-refractivity contribution < 1.29 is 5.11 Å². The summed E-state index contributed by atoms with van der Waals surface area (Å²) >= 11 is 0. The molecule has 1 aromatic rings. The van der Waals surface area contributed by atoms with E-state index in [-0.39, 0.29) is 12.4 Å². The number of aromatic nitrogens is 2. The van der Waals surface area contributed by atoms with E-state index in [2.05, 4.69) is 10.2 Å². The van der Waals surface area contributed by atoms with Gasteiger partial charge < -0.3 is 9.67 Å². The fraction of sp³-hybridized carbons (Fsp3) is 0.500. The standard InChI is InChI=1S/C6H9N3O2/c1-5-7-4-6(8-11)9(5)2-3-10/h4,10H,2-3H2,1H3. The highest BCUT2D eigenvalue weighted by Gasteiger charge is 2.04. The first-order chi connectivity index (χ1) is 5.29. The normalized spacial score (nSPS) is 10.0.